The van der Waals surface area contributed by atoms with E-state index in [1.54, 1.807) is 10.6 Å². The largest absolute Gasteiger partial charge is 0.479 e. The molecular formula is C42H60N4O6Si. The van der Waals surface area contributed by atoms with Crippen molar-refractivity contribution in [2.45, 2.75) is 129 Å². The average Bonchev–Trinajstić information content (AvgIpc) is 3.52. The number of hydrogen-bond acceptors (Lipinski definition) is 8. The fourth-order valence-corrected chi connectivity index (χ4v) is 12.4. The molecule has 0 amide bonds. The number of aromatic nitrogens is 3. The van der Waals surface area contributed by atoms with Gasteiger partial charge in [0.2, 0.25) is 0 Å². The molecule has 0 radical (unpaired) electrons. The molecule has 0 spiro atoms. The standard InChI is InChI=1S/C42H60N4O6Si/c1-30(52-53(41(6,7)8,33-19-12-10-13-20-33)34-21-14-11-15-22-34)18-16-17-27-50-42(9)23-25-45(26-24-42)38-36(37(39(48)49)51-40(3,4)5)31(2)43-35-28-32(29-47)44-46(35)38/h10-15,19-22,28,30,37,47H,16-18,23-27,29H2,1-9H3,(H,48,49). The van der Waals surface area contributed by atoms with Crippen molar-refractivity contribution < 1.29 is 28.9 Å². The van der Waals surface area contributed by atoms with Crippen molar-refractivity contribution in [1.29, 1.82) is 0 Å². The predicted molar refractivity (Wildman–Crippen MR) is 213 cm³/mol. The highest BCUT2D eigenvalue weighted by atomic mass is 28.4. The number of ether oxygens (including phenoxy) is 2. The lowest BCUT2D eigenvalue weighted by Crippen LogP contribution is -2.67. The minimum Gasteiger partial charge on any atom is -0.479 e. The number of anilines is 1. The number of benzene rings is 2. The van der Waals surface area contributed by atoms with E-state index in [0.717, 1.165) is 32.1 Å². The van der Waals surface area contributed by atoms with Gasteiger partial charge in [-0.25, -0.2) is 9.78 Å². The van der Waals surface area contributed by atoms with Gasteiger partial charge in [-0.1, -0.05) is 81.4 Å². The van der Waals surface area contributed by atoms with Gasteiger partial charge in [-0.05, 0) is 89.1 Å². The quantitative estimate of drug-likeness (QED) is 0.0982. The second-order valence-corrected chi connectivity index (χ2v) is 21.1. The molecule has 11 heteroatoms. The molecule has 3 heterocycles. The van der Waals surface area contributed by atoms with Crippen molar-refractivity contribution >= 4 is 36.1 Å². The molecular weight excluding hydrogens is 685 g/mol. The Balaban J connectivity index is 1.24. The zero-order valence-electron chi connectivity index (χ0n) is 33.2. The topological polar surface area (TPSA) is 119 Å². The van der Waals surface area contributed by atoms with Crippen LogP contribution in [0.3, 0.4) is 0 Å². The lowest BCUT2D eigenvalue weighted by molar-refractivity contribution is -0.160. The monoisotopic (exact) mass is 744 g/mol. The molecule has 2 aromatic carbocycles. The molecule has 5 rings (SSSR count). The zero-order chi connectivity index (χ0) is 38.6. The number of nitrogens with zero attached hydrogens (tertiary/aromatic N) is 4. The van der Waals surface area contributed by atoms with Gasteiger partial charge in [0, 0.05) is 37.6 Å². The van der Waals surface area contributed by atoms with Crippen LogP contribution >= 0.6 is 0 Å². The number of aliphatic hydroxyl groups excluding tert-OH is 1. The van der Waals surface area contributed by atoms with Crippen LogP contribution in [0.5, 0.6) is 0 Å². The maximum atomic E-state index is 12.7. The fourth-order valence-electron chi connectivity index (χ4n) is 7.68. The zero-order valence-corrected chi connectivity index (χ0v) is 34.2. The summed E-state index contributed by atoms with van der Waals surface area (Å²) < 4.78 is 21.7. The lowest BCUT2D eigenvalue weighted by atomic mass is 9.92. The molecule has 2 atom stereocenters. The third-order valence-electron chi connectivity index (χ3n) is 10.3. The van der Waals surface area contributed by atoms with Crippen molar-refractivity contribution in [2.75, 3.05) is 24.6 Å². The Morgan fingerprint density at radius 2 is 1.55 bits per heavy atom. The summed E-state index contributed by atoms with van der Waals surface area (Å²) in [6.07, 6.45) is 3.24. The van der Waals surface area contributed by atoms with E-state index in [1.165, 1.54) is 10.4 Å². The molecule has 0 saturated carbocycles. The van der Waals surface area contributed by atoms with Crippen molar-refractivity contribution in [3.8, 4) is 0 Å². The molecule has 0 bridgehead atoms. The highest BCUT2D eigenvalue weighted by molar-refractivity contribution is 6.99. The van der Waals surface area contributed by atoms with E-state index in [-0.39, 0.29) is 23.4 Å². The Kier molecular flexibility index (Phi) is 12.6. The number of aliphatic hydroxyl groups is 1. The normalized spacial score (nSPS) is 16.5. The summed E-state index contributed by atoms with van der Waals surface area (Å²) in [5.74, 6) is -0.447. The van der Waals surface area contributed by atoms with Gasteiger partial charge in [0.25, 0.3) is 8.32 Å². The van der Waals surface area contributed by atoms with E-state index in [2.05, 4.69) is 110 Å². The number of carboxylic acid groups (broad SMARTS) is 1. The Bertz CT molecular complexity index is 1770. The molecule has 2 unspecified atom stereocenters. The Hall–Kier alpha value is -3.61. The maximum Gasteiger partial charge on any atom is 0.337 e. The first-order chi connectivity index (χ1) is 25.0. The molecule has 53 heavy (non-hydrogen) atoms. The van der Waals surface area contributed by atoms with Gasteiger partial charge in [-0.2, -0.15) is 9.61 Å². The number of rotatable bonds is 15. The summed E-state index contributed by atoms with van der Waals surface area (Å²) in [6.45, 7) is 20.4. The SMILES string of the molecule is Cc1nc2cc(CO)nn2c(N2CCC(C)(OCCCCC(C)O[Si](c3ccccc3)(c3ccccc3)C(C)(C)C)CC2)c1C(OC(C)(C)C)C(=O)O. The van der Waals surface area contributed by atoms with Gasteiger partial charge in [0.15, 0.2) is 11.8 Å². The van der Waals surface area contributed by atoms with Gasteiger partial charge in [0.05, 0.1) is 29.1 Å². The molecule has 2 aromatic heterocycles. The summed E-state index contributed by atoms with van der Waals surface area (Å²) in [4.78, 5) is 19.5. The number of hydrogen-bond donors (Lipinski definition) is 2. The first kappa shape index (κ1) is 40.6. The molecule has 288 valence electrons. The van der Waals surface area contributed by atoms with Crippen LogP contribution in [0.1, 0.15) is 111 Å². The Morgan fingerprint density at radius 3 is 2.06 bits per heavy atom. The van der Waals surface area contributed by atoms with Crippen molar-refractivity contribution in [3.05, 3.63) is 83.7 Å². The van der Waals surface area contributed by atoms with Crippen LogP contribution < -0.4 is 15.3 Å². The summed E-state index contributed by atoms with van der Waals surface area (Å²) in [7, 11) is -2.60. The third-order valence-corrected chi connectivity index (χ3v) is 15.5. The molecule has 1 aliphatic rings. The van der Waals surface area contributed by atoms with Gasteiger partial charge in [-0.3, -0.25) is 0 Å². The van der Waals surface area contributed by atoms with E-state index in [1.807, 2.05) is 27.7 Å². The number of aliphatic carboxylic acids is 1. The second-order valence-electron chi connectivity index (χ2n) is 16.8. The summed E-state index contributed by atoms with van der Waals surface area (Å²) in [5, 5.41) is 27.4. The lowest BCUT2D eigenvalue weighted by Gasteiger charge is -2.44. The van der Waals surface area contributed by atoms with E-state index < -0.39 is 26.0 Å². The molecule has 2 N–H and O–H groups in total. The van der Waals surface area contributed by atoms with Gasteiger partial charge in [0.1, 0.15) is 5.82 Å². The van der Waals surface area contributed by atoms with Crippen LogP contribution in [-0.4, -0.2) is 76.1 Å². The van der Waals surface area contributed by atoms with Gasteiger partial charge in [-0.15, -0.1) is 0 Å². The minimum absolute atomic E-state index is 0.0648. The fraction of sp³-hybridized carbons (Fsp3) is 0.548. The van der Waals surface area contributed by atoms with E-state index >= 15 is 0 Å². The van der Waals surface area contributed by atoms with E-state index in [4.69, 9.17) is 13.9 Å². The van der Waals surface area contributed by atoms with Gasteiger partial charge >= 0.3 is 5.97 Å². The van der Waals surface area contributed by atoms with Crippen LogP contribution in [-0.2, 0) is 25.3 Å². The van der Waals surface area contributed by atoms with Crippen LogP contribution in [0.4, 0.5) is 5.82 Å². The minimum atomic E-state index is -2.60. The number of aryl methyl sites for hydroxylation is 1. The molecule has 1 aliphatic heterocycles. The predicted octanol–water partition coefficient (Wildman–Crippen LogP) is 6.98. The first-order valence-electron chi connectivity index (χ1n) is 19.1. The maximum absolute atomic E-state index is 12.7. The van der Waals surface area contributed by atoms with Crippen LogP contribution in [0.2, 0.25) is 5.04 Å². The van der Waals surface area contributed by atoms with Gasteiger partial charge < -0.3 is 29.0 Å². The molecule has 0 aliphatic carbocycles. The number of fused-ring (bicyclic) bond motifs is 1. The number of piperidine rings is 1. The number of carboxylic acids is 1. The average molecular weight is 745 g/mol. The van der Waals surface area contributed by atoms with Crippen molar-refractivity contribution in [2.24, 2.45) is 0 Å². The van der Waals surface area contributed by atoms with E-state index in [9.17, 15) is 15.0 Å². The number of carbonyl (C=O) groups is 1. The number of unbranched alkanes of at least 4 members (excludes halogenated alkanes) is 1. The molecule has 10 nitrogen and oxygen atoms in total. The third kappa shape index (κ3) is 9.20. The summed E-state index contributed by atoms with van der Waals surface area (Å²) >= 11 is 0. The molecule has 1 fully saturated rings. The van der Waals surface area contributed by atoms with Crippen molar-refractivity contribution in [3.63, 3.8) is 0 Å². The molecule has 1 saturated heterocycles. The van der Waals surface area contributed by atoms with Crippen LogP contribution in [0.25, 0.3) is 5.65 Å². The second kappa shape index (κ2) is 16.4. The Labute approximate surface area is 316 Å². The summed E-state index contributed by atoms with van der Waals surface area (Å²) in [6, 6.07) is 23.3. The highest BCUT2D eigenvalue weighted by Crippen LogP contribution is 2.39. The van der Waals surface area contributed by atoms with E-state index in [0.29, 0.717) is 48.1 Å². The molecule has 4 aromatic rings. The first-order valence-corrected chi connectivity index (χ1v) is 21.0. The highest BCUT2D eigenvalue weighted by Gasteiger charge is 2.51. The van der Waals surface area contributed by atoms with Crippen LogP contribution in [0, 0.1) is 6.92 Å². The van der Waals surface area contributed by atoms with Crippen molar-refractivity contribution in [1.82, 2.24) is 14.6 Å². The van der Waals surface area contributed by atoms with Crippen LogP contribution in [0.15, 0.2) is 66.7 Å². The Morgan fingerprint density at radius 1 is 0.962 bits per heavy atom. The smallest absolute Gasteiger partial charge is 0.337 e. The summed E-state index contributed by atoms with van der Waals surface area (Å²) in [5.41, 5.74) is 1.04.